The van der Waals surface area contributed by atoms with Crippen molar-refractivity contribution in [3.05, 3.63) is 45.8 Å². The molecule has 0 radical (unpaired) electrons. The first-order valence-corrected chi connectivity index (χ1v) is 11.1. The molecule has 0 bridgehead atoms. The summed E-state index contributed by atoms with van der Waals surface area (Å²) in [5.41, 5.74) is 2.04. The van der Waals surface area contributed by atoms with Gasteiger partial charge in [0.25, 0.3) is 15.9 Å². The molecule has 9 heteroatoms. The van der Waals surface area contributed by atoms with E-state index in [0.717, 1.165) is 22.5 Å². The minimum absolute atomic E-state index is 0.0580. The second-order valence-corrected chi connectivity index (χ2v) is 10.3. The average molecular weight is 429 g/mol. The predicted octanol–water partition coefficient (Wildman–Crippen LogP) is 2.93. The van der Waals surface area contributed by atoms with E-state index in [1.54, 1.807) is 11.0 Å². The molecule has 27 heavy (non-hydrogen) atoms. The van der Waals surface area contributed by atoms with Crippen LogP contribution in [0.3, 0.4) is 0 Å². The Bertz CT molecular complexity index is 935. The van der Waals surface area contributed by atoms with E-state index < -0.39 is 10.0 Å². The van der Waals surface area contributed by atoms with E-state index in [1.165, 1.54) is 10.4 Å². The van der Waals surface area contributed by atoms with Gasteiger partial charge in [0, 0.05) is 26.2 Å². The second kappa shape index (κ2) is 8.18. The van der Waals surface area contributed by atoms with Gasteiger partial charge >= 0.3 is 0 Å². The number of hydrogen-bond acceptors (Lipinski definition) is 5. The molecule has 1 aromatic carbocycles. The molecule has 1 aliphatic heterocycles. The summed E-state index contributed by atoms with van der Waals surface area (Å²) in [6.45, 7) is 5.03. The molecule has 6 nitrogen and oxygen atoms in total. The molecule has 0 aliphatic carbocycles. The highest BCUT2D eigenvalue weighted by Gasteiger charge is 2.31. The minimum Gasteiger partial charge on any atom is -0.483 e. The number of piperazine rings is 1. The van der Waals surface area contributed by atoms with Crippen molar-refractivity contribution in [3.63, 3.8) is 0 Å². The van der Waals surface area contributed by atoms with Crippen molar-refractivity contribution in [2.75, 3.05) is 32.8 Å². The van der Waals surface area contributed by atoms with Crippen LogP contribution in [0.1, 0.15) is 11.1 Å². The van der Waals surface area contributed by atoms with Crippen LogP contribution in [0.15, 0.2) is 34.5 Å². The highest BCUT2D eigenvalue weighted by molar-refractivity contribution is 7.91. The van der Waals surface area contributed by atoms with Gasteiger partial charge in [0.1, 0.15) is 9.96 Å². The van der Waals surface area contributed by atoms with E-state index in [2.05, 4.69) is 0 Å². The number of ether oxygens (including phenoxy) is 1. The van der Waals surface area contributed by atoms with Crippen LogP contribution in [-0.4, -0.2) is 56.3 Å². The first kappa shape index (κ1) is 20.1. The fourth-order valence-corrected chi connectivity index (χ4v) is 5.89. The van der Waals surface area contributed by atoms with Crippen molar-refractivity contribution >= 4 is 38.9 Å². The van der Waals surface area contributed by atoms with Gasteiger partial charge < -0.3 is 9.64 Å². The molecule has 0 unspecified atom stereocenters. The normalized spacial score (nSPS) is 15.7. The molecule has 1 aromatic heterocycles. The molecule has 1 fully saturated rings. The minimum atomic E-state index is -3.56. The van der Waals surface area contributed by atoms with Crippen LogP contribution in [0.4, 0.5) is 0 Å². The Morgan fingerprint density at radius 1 is 1.15 bits per heavy atom. The maximum Gasteiger partial charge on any atom is 0.260 e. The van der Waals surface area contributed by atoms with Crippen molar-refractivity contribution in [2.24, 2.45) is 0 Å². The Morgan fingerprint density at radius 2 is 1.85 bits per heavy atom. The van der Waals surface area contributed by atoms with Gasteiger partial charge in [0.15, 0.2) is 6.61 Å². The van der Waals surface area contributed by atoms with Crippen LogP contribution in [0.25, 0.3) is 0 Å². The zero-order valence-electron chi connectivity index (χ0n) is 15.1. The summed E-state index contributed by atoms with van der Waals surface area (Å²) in [4.78, 5) is 14.1. The number of rotatable bonds is 5. The number of carbonyl (C=O) groups excluding carboxylic acids is 1. The lowest BCUT2D eigenvalue weighted by atomic mass is 10.1. The summed E-state index contributed by atoms with van der Waals surface area (Å²) in [6, 6.07) is 8.93. The van der Waals surface area contributed by atoms with Crippen LogP contribution in [0, 0.1) is 13.8 Å². The number of aryl methyl sites for hydroxylation is 2. The fraction of sp³-hybridized carbons (Fsp3) is 0.389. The topological polar surface area (TPSA) is 66.9 Å². The number of thiophene rings is 1. The van der Waals surface area contributed by atoms with Gasteiger partial charge in [-0.05, 0) is 43.2 Å². The monoisotopic (exact) mass is 428 g/mol. The number of carbonyl (C=O) groups is 1. The van der Waals surface area contributed by atoms with Crippen molar-refractivity contribution < 1.29 is 17.9 Å². The van der Waals surface area contributed by atoms with E-state index in [0.29, 0.717) is 23.2 Å². The highest BCUT2D eigenvalue weighted by atomic mass is 35.5. The maximum atomic E-state index is 12.6. The molecular weight excluding hydrogens is 408 g/mol. The van der Waals surface area contributed by atoms with Crippen LogP contribution in [0.2, 0.25) is 4.34 Å². The molecule has 2 heterocycles. The molecule has 0 spiro atoms. The Hall–Kier alpha value is -1.61. The Kier molecular flexibility index (Phi) is 6.10. The van der Waals surface area contributed by atoms with E-state index in [4.69, 9.17) is 16.3 Å². The maximum absolute atomic E-state index is 12.6. The third-order valence-electron chi connectivity index (χ3n) is 4.43. The summed E-state index contributed by atoms with van der Waals surface area (Å²) in [6.07, 6.45) is 0. The van der Waals surface area contributed by atoms with Gasteiger partial charge in [0.2, 0.25) is 0 Å². The fourth-order valence-electron chi connectivity index (χ4n) is 2.84. The summed E-state index contributed by atoms with van der Waals surface area (Å²) in [5, 5.41) is 0. The molecule has 146 valence electrons. The third-order valence-corrected chi connectivity index (χ3v) is 8.03. The summed E-state index contributed by atoms with van der Waals surface area (Å²) in [5.74, 6) is 0.547. The first-order chi connectivity index (χ1) is 12.8. The smallest absolute Gasteiger partial charge is 0.260 e. The van der Waals surface area contributed by atoms with Gasteiger partial charge in [-0.1, -0.05) is 23.7 Å². The number of hydrogen-bond donors (Lipinski definition) is 0. The largest absolute Gasteiger partial charge is 0.483 e. The average Bonchev–Trinajstić information content (AvgIpc) is 3.09. The molecule has 2 aromatic rings. The van der Waals surface area contributed by atoms with Crippen molar-refractivity contribution in [2.45, 2.75) is 18.1 Å². The highest BCUT2D eigenvalue weighted by Crippen LogP contribution is 2.28. The predicted molar refractivity (Wildman–Crippen MR) is 106 cm³/mol. The van der Waals surface area contributed by atoms with Crippen LogP contribution in [-0.2, 0) is 14.8 Å². The van der Waals surface area contributed by atoms with Gasteiger partial charge in [-0.2, -0.15) is 4.31 Å². The third kappa shape index (κ3) is 4.63. The van der Waals surface area contributed by atoms with E-state index in [1.807, 2.05) is 32.0 Å². The zero-order valence-corrected chi connectivity index (χ0v) is 17.5. The molecule has 1 amide bonds. The molecule has 1 saturated heterocycles. The number of sulfonamides is 1. The number of halogens is 1. The van der Waals surface area contributed by atoms with Crippen molar-refractivity contribution in [1.29, 1.82) is 0 Å². The Morgan fingerprint density at radius 3 is 2.48 bits per heavy atom. The van der Waals surface area contributed by atoms with Gasteiger partial charge in [0.05, 0.1) is 4.34 Å². The van der Waals surface area contributed by atoms with Gasteiger partial charge in [-0.25, -0.2) is 8.42 Å². The lowest BCUT2D eigenvalue weighted by molar-refractivity contribution is -0.134. The van der Waals surface area contributed by atoms with Crippen LogP contribution in [0.5, 0.6) is 5.75 Å². The number of amides is 1. The lowest BCUT2D eigenvalue weighted by Gasteiger charge is -2.33. The standard InChI is InChI=1S/C18H21ClN2O4S2/c1-13-3-4-14(2)15(11-13)25-12-17(22)20-7-9-21(10-8-20)27(23,24)18-6-5-16(19)26-18/h3-6,11H,7-10,12H2,1-2H3. The second-order valence-electron chi connectivity index (χ2n) is 6.40. The SMILES string of the molecule is Cc1ccc(C)c(OCC(=O)N2CCN(S(=O)(=O)c3ccc(Cl)s3)CC2)c1. The van der Waals surface area contributed by atoms with Crippen LogP contribution < -0.4 is 4.74 Å². The lowest BCUT2D eigenvalue weighted by Crippen LogP contribution is -2.51. The van der Waals surface area contributed by atoms with Crippen molar-refractivity contribution in [3.8, 4) is 5.75 Å². The van der Waals surface area contributed by atoms with Crippen LogP contribution >= 0.6 is 22.9 Å². The Balaban J connectivity index is 1.55. The zero-order chi connectivity index (χ0) is 19.6. The molecule has 1 aliphatic rings. The number of benzene rings is 1. The van der Waals surface area contributed by atoms with Gasteiger partial charge in [-0.15, -0.1) is 11.3 Å². The van der Waals surface area contributed by atoms with Crippen molar-refractivity contribution in [1.82, 2.24) is 9.21 Å². The van der Waals surface area contributed by atoms with E-state index in [9.17, 15) is 13.2 Å². The molecule has 0 saturated carbocycles. The summed E-state index contributed by atoms with van der Waals surface area (Å²) >= 11 is 6.88. The molecule has 0 N–H and O–H groups in total. The number of nitrogens with zero attached hydrogens (tertiary/aromatic N) is 2. The Labute approximate surface area is 168 Å². The molecule has 3 rings (SSSR count). The van der Waals surface area contributed by atoms with Gasteiger partial charge in [-0.3, -0.25) is 4.79 Å². The molecular formula is C18H21ClN2O4S2. The van der Waals surface area contributed by atoms with E-state index >= 15 is 0 Å². The molecule has 0 atom stereocenters. The van der Waals surface area contributed by atoms with E-state index in [-0.39, 0.29) is 29.8 Å². The quantitative estimate of drug-likeness (QED) is 0.734. The summed E-state index contributed by atoms with van der Waals surface area (Å²) in [7, 11) is -3.56. The first-order valence-electron chi connectivity index (χ1n) is 8.50. The summed E-state index contributed by atoms with van der Waals surface area (Å²) < 4.78 is 32.9.